The van der Waals surface area contributed by atoms with E-state index < -0.39 is 5.97 Å². The lowest BCUT2D eigenvalue weighted by Gasteiger charge is -2.36. The molecule has 0 spiro atoms. The van der Waals surface area contributed by atoms with E-state index in [2.05, 4.69) is 18.7 Å². The maximum atomic E-state index is 10.4. The summed E-state index contributed by atoms with van der Waals surface area (Å²) in [5.41, 5.74) is 0. The van der Waals surface area contributed by atoms with Gasteiger partial charge in [-0.2, -0.15) is 0 Å². The molecule has 0 bridgehead atoms. The number of hydrogen-bond acceptors (Lipinski definition) is 3. The first-order valence-corrected chi connectivity index (χ1v) is 6.63. The fourth-order valence-electron chi connectivity index (χ4n) is 2.34. The molecular formula is C13H25NO3. The molecular weight excluding hydrogens is 218 g/mol. The van der Waals surface area contributed by atoms with E-state index in [1.54, 1.807) is 0 Å². The minimum absolute atomic E-state index is 0.291. The summed E-state index contributed by atoms with van der Waals surface area (Å²) in [6.07, 6.45) is 3.21. The van der Waals surface area contributed by atoms with Crippen molar-refractivity contribution in [3.05, 3.63) is 0 Å². The Labute approximate surface area is 104 Å². The van der Waals surface area contributed by atoms with Gasteiger partial charge in [-0.1, -0.05) is 13.8 Å². The Kier molecular flexibility index (Phi) is 6.52. The Morgan fingerprint density at radius 3 is 2.88 bits per heavy atom. The molecule has 1 fully saturated rings. The summed E-state index contributed by atoms with van der Waals surface area (Å²) in [5.74, 6) is -0.00562. The largest absolute Gasteiger partial charge is 0.481 e. The smallest absolute Gasteiger partial charge is 0.303 e. The molecule has 4 nitrogen and oxygen atoms in total. The van der Waals surface area contributed by atoms with Crippen LogP contribution in [0.25, 0.3) is 0 Å². The third-order valence-corrected chi connectivity index (χ3v) is 3.18. The molecule has 0 aliphatic carbocycles. The molecule has 1 aliphatic rings. The van der Waals surface area contributed by atoms with Crippen molar-refractivity contribution in [1.29, 1.82) is 0 Å². The number of unbranched alkanes of at least 4 members (excludes halogenated alkanes) is 1. The number of morpholine rings is 1. The van der Waals surface area contributed by atoms with Crippen LogP contribution in [-0.2, 0) is 9.53 Å². The minimum atomic E-state index is -0.689. The minimum Gasteiger partial charge on any atom is -0.481 e. The molecule has 1 rings (SSSR count). The average molecular weight is 243 g/mol. The number of hydrogen-bond donors (Lipinski definition) is 1. The topological polar surface area (TPSA) is 49.8 Å². The Morgan fingerprint density at radius 2 is 2.24 bits per heavy atom. The van der Waals surface area contributed by atoms with E-state index in [-0.39, 0.29) is 0 Å². The molecule has 17 heavy (non-hydrogen) atoms. The van der Waals surface area contributed by atoms with Gasteiger partial charge in [-0.15, -0.1) is 0 Å². The second-order valence-electron chi connectivity index (χ2n) is 5.25. The van der Waals surface area contributed by atoms with Gasteiger partial charge in [0.2, 0.25) is 0 Å². The molecule has 100 valence electrons. The van der Waals surface area contributed by atoms with E-state index in [9.17, 15) is 4.79 Å². The Morgan fingerprint density at radius 1 is 1.47 bits per heavy atom. The van der Waals surface area contributed by atoms with E-state index in [0.717, 1.165) is 39.1 Å². The maximum absolute atomic E-state index is 10.4. The van der Waals surface area contributed by atoms with Gasteiger partial charge >= 0.3 is 5.97 Å². The van der Waals surface area contributed by atoms with Crippen LogP contribution in [0, 0.1) is 5.92 Å². The van der Waals surface area contributed by atoms with Crippen LogP contribution < -0.4 is 0 Å². The van der Waals surface area contributed by atoms with Crippen molar-refractivity contribution in [2.75, 3.05) is 26.3 Å². The number of carboxylic acids is 1. The van der Waals surface area contributed by atoms with Crippen LogP contribution in [0.3, 0.4) is 0 Å². The molecule has 0 aromatic carbocycles. The average Bonchev–Trinajstić information content (AvgIpc) is 2.25. The van der Waals surface area contributed by atoms with E-state index >= 15 is 0 Å². The highest BCUT2D eigenvalue weighted by Gasteiger charge is 2.23. The lowest BCUT2D eigenvalue weighted by molar-refractivity contribution is -0.137. The predicted molar refractivity (Wildman–Crippen MR) is 67.1 cm³/mol. The number of nitrogens with zero attached hydrogens (tertiary/aromatic N) is 1. The predicted octanol–water partition coefficient (Wildman–Crippen LogP) is 1.99. The van der Waals surface area contributed by atoms with E-state index in [4.69, 9.17) is 9.84 Å². The number of ether oxygens (including phenoxy) is 1. The number of aliphatic carboxylic acids is 1. The lowest BCUT2D eigenvalue weighted by atomic mass is 10.0. The monoisotopic (exact) mass is 243 g/mol. The van der Waals surface area contributed by atoms with Gasteiger partial charge in [-0.3, -0.25) is 9.69 Å². The van der Waals surface area contributed by atoms with Gasteiger partial charge in [0, 0.05) is 19.0 Å². The van der Waals surface area contributed by atoms with Crippen molar-refractivity contribution < 1.29 is 14.6 Å². The first-order chi connectivity index (χ1) is 8.09. The molecule has 0 saturated carbocycles. The fraction of sp³-hybridized carbons (Fsp3) is 0.923. The highest BCUT2D eigenvalue weighted by atomic mass is 16.5. The highest BCUT2D eigenvalue weighted by molar-refractivity contribution is 5.66. The molecule has 0 aromatic rings. The summed E-state index contributed by atoms with van der Waals surface area (Å²) in [5, 5.41) is 8.59. The molecule has 1 heterocycles. The van der Waals surface area contributed by atoms with Crippen LogP contribution in [0.2, 0.25) is 0 Å². The first kappa shape index (κ1) is 14.5. The summed E-state index contributed by atoms with van der Waals surface area (Å²) < 4.78 is 5.52. The van der Waals surface area contributed by atoms with Crippen molar-refractivity contribution in [3.63, 3.8) is 0 Å². The SMILES string of the molecule is CC(C)CC1COCCN1CCCCC(=O)O. The van der Waals surface area contributed by atoms with Gasteiger partial charge in [-0.05, 0) is 31.7 Å². The van der Waals surface area contributed by atoms with Crippen LogP contribution in [0.5, 0.6) is 0 Å². The van der Waals surface area contributed by atoms with Crippen molar-refractivity contribution in [1.82, 2.24) is 4.90 Å². The lowest BCUT2D eigenvalue weighted by Crippen LogP contribution is -2.46. The van der Waals surface area contributed by atoms with E-state index in [1.165, 1.54) is 6.42 Å². The Bertz CT molecular complexity index is 231. The zero-order valence-corrected chi connectivity index (χ0v) is 11.0. The molecule has 1 N–H and O–H groups in total. The van der Waals surface area contributed by atoms with Gasteiger partial charge < -0.3 is 9.84 Å². The summed E-state index contributed by atoms with van der Waals surface area (Å²) in [6, 6.07) is 0.522. The Balaban J connectivity index is 2.25. The zero-order chi connectivity index (χ0) is 12.7. The van der Waals surface area contributed by atoms with Crippen molar-refractivity contribution in [2.45, 2.75) is 45.6 Å². The third kappa shape index (κ3) is 6.03. The summed E-state index contributed by atoms with van der Waals surface area (Å²) in [7, 11) is 0. The van der Waals surface area contributed by atoms with Crippen LogP contribution in [0.15, 0.2) is 0 Å². The van der Waals surface area contributed by atoms with Gasteiger partial charge in [-0.25, -0.2) is 0 Å². The van der Waals surface area contributed by atoms with Gasteiger partial charge in [0.25, 0.3) is 0 Å². The first-order valence-electron chi connectivity index (χ1n) is 6.63. The number of carbonyl (C=O) groups is 1. The molecule has 1 unspecified atom stereocenters. The molecule has 0 aromatic heterocycles. The molecule has 0 amide bonds. The van der Waals surface area contributed by atoms with Gasteiger partial charge in [0.05, 0.1) is 13.2 Å². The standard InChI is InChI=1S/C13H25NO3/c1-11(2)9-12-10-17-8-7-14(12)6-4-3-5-13(15)16/h11-12H,3-10H2,1-2H3,(H,15,16). The molecule has 1 atom stereocenters. The highest BCUT2D eigenvalue weighted by Crippen LogP contribution is 2.16. The Hall–Kier alpha value is -0.610. The fourth-order valence-corrected chi connectivity index (χ4v) is 2.34. The number of rotatable bonds is 7. The number of carboxylic acid groups (broad SMARTS) is 1. The van der Waals surface area contributed by atoms with E-state index in [0.29, 0.717) is 18.4 Å². The van der Waals surface area contributed by atoms with Crippen LogP contribution in [-0.4, -0.2) is 48.3 Å². The van der Waals surface area contributed by atoms with Crippen LogP contribution >= 0.6 is 0 Å². The normalized spacial score (nSPS) is 21.9. The van der Waals surface area contributed by atoms with E-state index in [1.807, 2.05) is 0 Å². The maximum Gasteiger partial charge on any atom is 0.303 e. The summed E-state index contributed by atoms with van der Waals surface area (Å²) in [4.78, 5) is 12.9. The molecule has 4 heteroatoms. The van der Waals surface area contributed by atoms with Gasteiger partial charge in [0.15, 0.2) is 0 Å². The summed E-state index contributed by atoms with van der Waals surface area (Å²) >= 11 is 0. The second kappa shape index (κ2) is 7.67. The van der Waals surface area contributed by atoms with Crippen LogP contribution in [0.4, 0.5) is 0 Å². The van der Waals surface area contributed by atoms with Crippen molar-refractivity contribution in [3.8, 4) is 0 Å². The van der Waals surface area contributed by atoms with Crippen molar-refractivity contribution >= 4 is 5.97 Å². The molecule has 1 aliphatic heterocycles. The van der Waals surface area contributed by atoms with Crippen LogP contribution in [0.1, 0.15) is 39.5 Å². The third-order valence-electron chi connectivity index (χ3n) is 3.18. The summed E-state index contributed by atoms with van der Waals surface area (Å²) in [6.45, 7) is 8.11. The molecule has 1 saturated heterocycles. The zero-order valence-electron chi connectivity index (χ0n) is 11.0. The van der Waals surface area contributed by atoms with Crippen molar-refractivity contribution in [2.24, 2.45) is 5.92 Å². The quantitative estimate of drug-likeness (QED) is 0.695. The second-order valence-corrected chi connectivity index (χ2v) is 5.25. The van der Waals surface area contributed by atoms with Gasteiger partial charge in [0.1, 0.15) is 0 Å². The molecule has 0 radical (unpaired) electrons.